The highest BCUT2D eigenvalue weighted by atomic mass is 35.5. The quantitative estimate of drug-likeness (QED) is 0.186. The lowest BCUT2D eigenvalue weighted by atomic mass is 10.1. The molecule has 1 aliphatic rings. The maximum Gasteiger partial charge on any atom is 0.333 e. The van der Waals surface area contributed by atoms with E-state index in [2.05, 4.69) is 17.4 Å². The van der Waals surface area contributed by atoms with Gasteiger partial charge in [0.25, 0.3) is 0 Å². The van der Waals surface area contributed by atoms with E-state index in [0.29, 0.717) is 48.7 Å². The molecule has 0 saturated heterocycles. The van der Waals surface area contributed by atoms with Crippen molar-refractivity contribution in [3.8, 4) is 5.75 Å². The standard InChI is InChI=1S/C32H36Cl2N2O6/c1-2-41-30(31(37)38)18-22-6-10-29(11-7-22)42-15-13-36(12-14-40-21-23-16-26(33)20-27(34)17-23)32(39)35-28-9-8-24-4-3-5-25(24)19-28/h6-11,16-17,19-20,30H,2-5,12-15,18,21H2,1H3,(H,35,39)(H,37,38). The molecule has 1 atom stereocenters. The lowest BCUT2D eigenvalue weighted by Gasteiger charge is -2.23. The molecule has 1 aliphatic carbocycles. The number of nitrogens with zero attached hydrogens (tertiary/aromatic N) is 1. The van der Waals surface area contributed by atoms with E-state index in [-0.39, 0.29) is 19.1 Å². The van der Waals surface area contributed by atoms with Crippen molar-refractivity contribution in [2.45, 2.75) is 45.3 Å². The Morgan fingerprint density at radius 3 is 2.36 bits per heavy atom. The highest BCUT2D eigenvalue weighted by Crippen LogP contribution is 2.25. The fraction of sp³-hybridized carbons (Fsp3) is 0.375. The van der Waals surface area contributed by atoms with E-state index in [4.69, 9.17) is 37.4 Å². The fourth-order valence-electron chi connectivity index (χ4n) is 4.85. The Balaban J connectivity index is 1.32. The van der Waals surface area contributed by atoms with Gasteiger partial charge in [-0.15, -0.1) is 0 Å². The van der Waals surface area contributed by atoms with Crippen LogP contribution in [0.5, 0.6) is 5.75 Å². The molecular weight excluding hydrogens is 579 g/mol. The Bertz CT molecular complexity index is 1330. The molecule has 8 nitrogen and oxygen atoms in total. The summed E-state index contributed by atoms with van der Waals surface area (Å²) in [6.45, 7) is 3.66. The summed E-state index contributed by atoms with van der Waals surface area (Å²) in [5.41, 5.74) is 5.07. The Morgan fingerprint density at radius 1 is 0.929 bits per heavy atom. The van der Waals surface area contributed by atoms with Crippen LogP contribution in [0.25, 0.3) is 0 Å². The zero-order valence-electron chi connectivity index (χ0n) is 23.6. The molecule has 1 unspecified atom stereocenters. The number of hydrogen-bond donors (Lipinski definition) is 2. The molecule has 4 rings (SSSR count). The third-order valence-electron chi connectivity index (χ3n) is 6.95. The molecule has 10 heteroatoms. The average molecular weight is 616 g/mol. The van der Waals surface area contributed by atoms with E-state index in [1.807, 2.05) is 18.2 Å². The first-order chi connectivity index (χ1) is 20.3. The van der Waals surface area contributed by atoms with E-state index in [1.165, 1.54) is 11.1 Å². The van der Waals surface area contributed by atoms with Crippen LogP contribution in [-0.2, 0) is 40.1 Å². The number of halogens is 2. The molecule has 224 valence electrons. The van der Waals surface area contributed by atoms with Crippen LogP contribution >= 0.6 is 23.2 Å². The molecule has 0 spiro atoms. The lowest BCUT2D eigenvalue weighted by molar-refractivity contribution is -0.149. The molecule has 0 aromatic heterocycles. The monoisotopic (exact) mass is 614 g/mol. The van der Waals surface area contributed by atoms with Crippen molar-refractivity contribution in [2.75, 3.05) is 38.2 Å². The first-order valence-corrected chi connectivity index (χ1v) is 14.8. The lowest BCUT2D eigenvalue weighted by Crippen LogP contribution is -2.40. The van der Waals surface area contributed by atoms with Crippen LogP contribution in [0.4, 0.5) is 10.5 Å². The molecule has 2 N–H and O–H groups in total. The second-order valence-corrected chi connectivity index (χ2v) is 10.9. The third-order valence-corrected chi connectivity index (χ3v) is 7.39. The smallest absolute Gasteiger partial charge is 0.333 e. The number of carbonyl (C=O) groups is 2. The van der Waals surface area contributed by atoms with Crippen LogP contribution in [0.3, 0.4) is 0 Å². The van der Waals surface area contributed by atoms with E-state index >= 15 is 0 Å². The van der Waals surface area contributed by atoms with Crippen LogP contribution in [0.2, 0.25) is 10.0 Å². The molecule has 3 aromatic carbocycles. The first-order valence-electron chi connectivity index (χ1n) is 14.1. The van der Waals surface area contributed by atoms with Crippen molar-refractivity contribution in [3.05, 3.63) is 93.0 Å². The highest BCUT2D eigenvalue weighted by Gasteiger charge is 2.19. The van der Waals surface area contributed by atoms with Gasteiger partial charge in [0.1, 0.15) is 12.4 Å². The summed E-state index contributed by atoms with van der Waals surface area (Å²) in [5.74, 6) is -0.370. The summed E-state index contributed by atoms with van der Waals surface area (Å²) in [4.78, 5) is 26.3. The van der Waals surface area contributed by atoms with Crippen molar-refractivity contribution in [1.82, 2.24) is 4.90 Å². The van der Waals surface area contributed by atoms with Gasteiger partial charge >= 0.3 is 12.0 Å². The SMILES string of the molecule is CCOC(Cc1ccc(OCCN(CCOCc2cc(Cl)cc(Cl)c2)C(=O)Nc2ccc3c(c2)CCC3)cc1)C(=O)O. The first kappa shape index (κ1) is 31.6. The van der Waals surface area contributed by atoms with Crippen molar-refractivity contribution in [1.29, 1.82) is 0 Å². The normalized spacial score (nSPS) is 12.9. The molecule has 2 amide bonds. The molecule has 0 bridgehead atoms. The molecule has 0 aliphatic heterocycles. The number of nitrogens with one attached hydrogen (secondary N) is 1. The van der Waals surface area contributed by atoms with Crippen molar-refractivity contribution < 1.29 is 28.9 Å². The van der Waals surface area contributed by atoms with Crippen LogP contribution in [0.15, 0.2) is 60.7 Å². The Hall–Kier alpha value is -3.30. The number of fused-ring (bicyclic) bond motifs is 1. The summed E-state index contributed by atoms with van der Waals surface area (Å²) in [6.07, 6.45) is 2.62. The average Bonchev–Trinajstić information content (AvgIpc) is 3.42. The molecule has 0 radical (unpaired) electrons. The van der Waals surface area contributed by atoms with Gasteiger partial charge in [-0.1, -0.05) is 41.4 Å². The number of carboxylic acids is 1. The van der Waals surface area contributed by atoms with E-state index in [0.717, 1.165) is 36.1 Å². The minimum absolute atomic E-state index is 0.239. The van der Waals surface area contributed by atoms with E-state index < -0.39 is 12.1 Å². The van der Waals surface area contributed by atoms with Gasteiger partial charge in [0, 0.05) is 35.3 Å². The zero-order chi connectivity index (χ0) is 29.9. The van der Waals surface area contributed by atoms with Crippen molar-refractivity contribution in [3.63, 3.8) is 0 Å². The van der Waals surface area contributed by atoms with Gasteiger partial charge in [-0.05, 0) is 90.9 Å². The molecular formula is C32H36Cl2N2O6. The van der Waals surface area contributed by atoms with Crippen LogP contribution in [0, 0.1) is 0 Å². The molecule has 42 heavy (non-hydrogen) atoms. The Morgan fingerprint density at radius 2 is 1.64 bits per heavy atom. The van der Waals surface area contributed by atoms with Gasteiger partial charge in [-0.3, -0.25) is 0 Å². The minimum atomic E-state index is -0.990. The number of carboxylic acid groups (broad SMARTS) is 1. The number of amides is 2. The van der Waals surface area contributed by atoms with Gasteiger partial charge in [0.15, 0.2) is 6.10 Å². The fourth-order valence-corrected chi connectivity index (χ4v) is 5.43. The van der Waals surface area contributed by atoms with Crippen LogP contribution in [-0.4, -0.2) is 61.0 Å². The zero-order valence-corrected chi connectivity index (χ0v) is 25.1. The Kier molecular flexibility index (Phi) is 11.9. The van der Waals surface area contributed by atoms with Crippen molar-refractivity contribution >= 4 is 40.9 Å². The number of urea groups is 1. The number of anilines is 1. The van der Waals surface area contributed by atoms with E-state index in [9.17, 15) is 14.7 Å². The molecule has 0 heterocycles. The summed E-state index contributed by atoms with van der Waals surface area (Å²) in [5, 5.41) is 13.4. The molecule has 0 fully saturated rings. The maximum absolute atomic E-state index is 13.3. The number of benzene rings is 3. The van der Waals surface area contributed by atoms with Gasteiger partial charge in [-0.2, -0.15) is 0 Å². The summed E-state index contributed by atoms with van der Waals surface area (Å²) in [7, 11) is 0. The number of ether oxygens (including phenoxy) is 3. The predicted molar refractivity (Wildman–Crippen MR) is 164 cm³/mol. The number of hydrogen-bond acceptors (Lipinski definition) is 5. The third kappa shape index (κ3) is 9.63. The summed E-state index contributed by atoms with van der Waals surface area (Å²) < 4.78 is 17.0. The number of carbonyl (C=O) groups excluding carboxylic acids is 1. The maximum atomic E-state index is 13.3. The predicted octanol–water partition coefficient (Wildman–Crippen LogP) is 6.64. The van der Waals surface area contributed by atoms with Crippen LogP contribution in [0.1, 0.15) is 35.6 Å². The summed E-state index contributed by atoms with van der Waals surface area (Å²) >= 11 is 12.2. The number of aryl methyl sites for hydroxylation is 2. The Labute approximate surface area is 256 Å². The number of aliphatic carboxylic acids is 1. The van der Waals surface area contributed by atoms with Crippen LogP contribution < -0.4 is 10.1 Å². The second-order valence-electron chi connectivity index (χ2n) is 10.1. The largest absolute Gasteiger partial charge is 0.492 e. The molecule has 0 saturated carbocycles. The number of rotatable bonds is 15. The van der Waals surface area contributed by atoms with Gasteiger partial charge < -0.3 is 29.5 Å². The van der Waals surface area contributed by atoms with Gasteiger partial charge in [0.2, 0.25) is 0 Å². The summed E-state index contributed by atoms with van der Waals surface area (Å²) in [6, 6.07) is 18.3. The highest BCUT2D eigenvalue weighted by molar-refractivity contribution is 6.34. The minimum Gasteiger partial charge on any atom is -0.492 e. The van der Waals surface area contributed by atoms with Gasteiger partial charge in [-0.25, -0.2) is 9.59 Å². The van der Waals surface area contributed by atoms with Crippen molar-refractivity contribution in [2.24, 2.45) is 0 Å². The van der Waals surface area contributed by atoms with E-state index in [1.54, 1.807) is 42.2 Å². The second kappa shape index (κ2) is 15.8. The van der Waals surface area contributed by atoms with Gasteiger partial charge in [0.05, 0.1) is 19.8 Å². The molecule has 3 aromatic rings. The topological polar surface area (TPSA) is 97.3 Å².